The number of carboxylic acids is 1. The number of carboxylic acid groups (broad SMARTS) is 1. The largest absolute Gasteiger partial charge is 0.481 e. The van der Waals surface area contributed by atoms with Crippen LogP contribution in [0.3, 0.4) is 0 Å². The van der Waals surface area contributed by atoms with E-state index in [4.69, 9.17) is 9.84 Å². The highest BCUT2D eigenvalue weighted by molar-refractivity contribution is 5.76. The molecule has 0 aromatic heterocycles. The molecule has 2 aliphatic rings. The Labute approximate surface area is 63.8 Å². The molecule has 1 aliphatic heterocycles. The van der Waals surface area contributed by atoms with E-state index >= 15 is 0 Å². The summed E-state index contributed by atoms with van der Waals surface area (Å²) in [6, 6.07) is 0. The molecule has 2 bridgehead atoms. The lowest BCUT2D eigenvalue weighted by Crippen LogP contribution is -2.34. The first-order valence-electron chi connectivity index (χ1n) is 3.67. The normalized spacial score (nSPS) is 48.1. The number of rotatable bonds is 1. The van der Waals surface area contributed by atoms with Gasteiger partial charge in [-0.2, -0.15) is 0 Å². The van der Waals surface area contributed by atoms with Gasteiger partial charge in [-0.3, -0.25) is 4.79 Å². The van der Waals surface area contributed by atoms with Crippen LogP contribution in [0.1, 0.15) is 12.8 Å². The number of fused-ring (bicyclic) bond motifs is 2. The van der Waals surface area contributed by atoms with Crippen LogP contribution >= 0.6 is 0 Å². The van der Waals surface area contributed by atoms with Crippen LogP contribution in [0.15, 0.2) is 0 Å². The van der Waals surface area contributed by atoms with Crippen molar-refractivity contribution in [1.82, 2.24) is 0 Å². The summed E-state index contributed by atoms with van der Waals surface area (Å²) in [6.45, 7) is 0.268. The van der Waals surface area contributed by atoms with E-state index in [1.54, 1.807) is 0 Å². The standard InChI is InChI=1S/C7H10O4/c8-4-1-7(6(9)10)2-5(4)11-3-7/h4-5,8H,1-3H2,(H,9,10). The fourth-order valence-corrected chi connectivity index (χ4v) is 1.93. The first kappa shape index (κ1) is 7.06. The lowest BCUT2D eigenvalue weighted by molar-refractivity contribution is -0.152. The smallest absolute Gasteiger partial charge is 0.312 e. The molecule has 62 valence electrons. The Morgan fingerprint density at radius 1 is 1.55 bits per heavy atom. The van der Waals surface area contributed by atoms with Gasteiger partial charge in [-0.15, -0.1) is 0 Å². The van der Waals surface area contributed by atoms with Crippen molar-refractivity contribution < 1.29 is 19.7 Å². The van der Waals surface area contributed by atoms with Gasteiger partial charge in [0.1, 0.15) is 0 Å². The van der Waals surface area contributed by atoms with Crippen molar-refractivity contribution in [3.05, 3.63) is 0 Å². The summed E-state index contributed by atoms with van der Waals surface area (Å²) in [5.41, 5.74) is -0.774. The van der Waals surface area contributed by atoms with Gasteiger partial charge in [-0.05, 0) is 12.8 Å². The third-order valence-corrected chi connectivity index (χ3v) is 2.65. The van der Waals surface area contributed by atoms with Gasteiger partial charge in [-0.1, -0.05) is 0 Å². The number of aliphatic hydroxyl groups excluding tert-OH is 1. The maximum Gasteiger partial charge on any atom is 0.312 e. The topological polar surface area (TPSA) is 66.8 Å². The average Bonchev–Trinajstić information content (AvgIpc) is 2.44. The Hall–Kier alpha value is -0.610. The minimum Gasteiger partial charge on any atom is -0.481 e. The Morgan fingerprint density at radius 2 is 2.27 bits per heavy atom. The molecule has 11 heavy (non-hydrogen) atoms. The second kappa shape index (κ2) is 1.95. The van der Waals surface area contributed by atoms with E-state index in [2.05, 4.69) is 0 Å². The van der Waals surface area contributed by atoms with Gasteiger partial charge < -0.3 is 14.9 Å². The van der Waals surface area contributed by atoms with Crippen LogP contribution in [-0.4, -0.2) is 35.0 Å². The molecule has 1 saturated carbocycles. The summed E-state index contributed by atoms with van der Waals surface area (Å²) in [5, 5.41) is 18.1. The predicted molar refractivity (Wildman–Crippen MR) is 35.0 cm³/mol. The van der Waals surface area contributed by atoms with Gasteiger partial charge in [0.15, 0.2) is 0 Å². The highest BCUT2D eigenvalue weighted by Gasteiger charge is 2.56. The van der Waals surface area contributed by atoms with E-state index in [0.717, 1.165) is 0 Å². The molecule has 0 amide bonds. The predicted octanol–water partition coefficient (Wildman–Crippen LogP) is -0.389. The average molecular weight is 158 g/mol. The van der Waals surface area contributed by atoms with E-state index in [0.29, 0.717) is 12.8 Å². The SMILES string of the molecule is O=C(O)C12COC(C1)C(O)C2. The number of aliphatic carboxylic acids is 1. The van der Waals surface area contributed by atoms with Crippen LogP contribution in [0.4, 0.5) is 0 Å². The van der Waals surface area contributed by atoms with Gasteiger partial charge in [0, 0.05) is 0 Å². The Bertz CT molecular complexity index is 199. The van der Waals surface area contributed by atoms with E-state index in [9.17, 15) is 9.90 Å². The van der Waals surface area contributed by atoms with Crippen LogP contribution < -0.4 is 0 Å². The Morgan fingerprint density at radius 3 is 2.55 bits per heavy atom. The fraction of sp³-hybridized carbons (Fsp3) is 0.857. The van der Waals surface area contributed by atoms with Crippen LogP contribution in [0, 0.1) is 5.41 Å². The van der Waals surface area contributed by atoms with Crippen molar-refractivity contribution in [3.63, 3.8) is 0 Å². The van der Waals surface area contributed by atoms with Crippen LogP contribution in [-0.2, 0) is 9.53 Å². The zero-order valence-electron chi connectivity index (χ0n) is 5.99. The molecule has 3 unspecified atom stereocenters. The van der Waals surface area contributed by atoms with Crippen LogP contribution in [0.2, 0.25) is 0 Å². The molecule has 2 N–H and O–H groups in total. The van der Waals surface area contributed by atoms with E-state index in [1.807, 2.05) is 0 Å². The lowest BCUT2D eigenvalue weighted by atomic mass is 9.88. The summed E-state index contributed by atoms with van der Waals surface area (Å²) < 4.78 is 5.10. The van der Waals surface area contributed by atoms with Crippen molar-refractivity contribution in [2.45, 2.75) is 25.0 Å². The molecule has 3 atom stereocenters. The number of hydrogen-bond acceptors (Lipinski definition) is 3. The molecule has 4 heteroatoms. The molecular formula is C7H10O4. The highest BCUT2D eigenvalue weighted by Crippen LogP contribution is 2.46. The van der Waals surface area contributed by atoms with Crippen molar-refractivity contribution in [3.8, 4) is 0 Å². The van der Waals surface area contributed by atoms with Crippen molar-refractivity contribution in [1.29, 1.82) is 0 Å². The Kier molecular flexibility index (Phi) is 1.25. The maximum atomic E-state index is 10.7. The first-order chi connectivity index (χ1) is 5.14. The molecule has 1 aliphatic carbocycles. The molecule has 0 aromatic carbocycles. The molecule has 0 radical (unpaired) electrons. The summed E-state index contributed by atoms with van der Waals surface area (Å²) in [6.07, 6.45) is 0.0298. The fourth-order valence-electron chi connectivity index (χ4n) is 1.93. The van der Waals surface area contributed by atoms with Gasteiger partial charge in [0.05, 0.1) is 24.2 Å². The molecule has 2 rings (SSSR count). The van der Waals surface area contributed by atoms with Crippen molar-refractivity contribution >= 4 is 5.97 Å². The molecular weight excluding hydrogens is 148 g/mol. The monoisotopic (exact) mass is 158 g/mol. The van der Waals surface area contributed by atoms with Gasteiger partial charge >= 0.3 is 5.97 Å². The van der Waals surface area contributed by atoms with E-state index in [-0.39, 0.29) is 12.7 Å². The zero-order chi connectivity index (χ0) is 8.06. The molecule has 1 saturated heterocycles. The number of carbonyl (C=O) groups is 1. The van der Waals surface area contributed by atoms with Crippen molar-refractivity contribution in [2.24, 2.45) is 5.41 Å². The lowest BCUT2D eigenvalue weighted by Gasteiger charge is -2.22. The van der Waals surface area contributed by atoms with Crippen LogP contribution in [0.5, 0.6) is 0 Å². The summed E-state index contributed by atoms with van der Waals surface area (Å²) >= 11 is 0. The molecule has 2 fully saturated rings. The first-order valence-corrected chi connectivity index (χ1v) is 3.67. The number of hydrogen-bond donors (Lipinski definition) is 2. The van der Waals surface area contributed by atoms with Gasteiger partial charge in [-0.25, -0.2) is 0 Å². The molecule has 4 nitrogen and oxygen atoms in total. The molecule has 0 spiro atoms. The summed E-state index contributed by atoms with van der Waals surface area (Å²) in [7, 11) is 0. The second-order valence-electron chi connectivity index (χ2n) is 3.41. The summed E-state index contributed by atoms with van der Waals surface area (Å²) in [4.78, 5) is 10.7. The maximum absolute atomic E-state index is 10.7. The second-order valence-corrected chi connectivity index (χ2v) is 3.41. The zero-order valence-corrected chi connectivity index (χ0v) is 5.99. The third kappa shape index (κ3) is 0.795. The van der Waals surface area contributed by atoms with Crippen LogP contribution in [0.25, 0.3) is 0 Å². The minimum absolute atomic E-state index is 0.230. The minimum atomic E-state index is -0.837. The van der Waals surface area contributed by atoms with Gasteiger partial charge in [0.25, 0.3) is 0 Å². The van der Waals surface area contributed by atoms with Gasteiger partial charge in [0.2, 0.25) is 0 Å². The van der Waals surface area contributed by atoms with E-state index < -0.39 is 17.5 Å². The van der Waals surface area contributed by atoms with Crippen molar-refractivity contribution in [2.75, 3.05) is 6.61 Å². The number of ether oxygens (including phenoxy) is 1. The molecule has 0 aromatic rings. The quantitative estimate of drug-likeness (QED) is 0.545. The van der Waals surface area contributed by atoms with E-state index in [1.165, 1.54) is 0 Å². The third-order valence-electron chi connectivity index (χ3n) is 2.65. The highest BCUT2D eigenvalue weighted by atomic mass is 16.5. The molecule has 1 heterocycles. The summed E-state index contributed by atoms with van der Waals surface area (Å²) in [5.74, 6) is -0.837. The number of aliphatic hydroxyl groups is 1. The Balaban J connectivity index is 2.23.